The lowest BCUT2D eigenvalue weighted by Gasteiger charge is -2.00. The van der Waals surface area contributed by atoms with Crippen molar-refractivity contribution in [2.45, 2.75) is 26.7 Å². The topological polar surface area (TPSA) is 64.5 Å². The summed E-state index contributed by atoms with van der Waals surface area (Å²) in [5, 5.41) is 0. The summed E-state index contributed by atoms with van der Waals surface area (Å²) in [5.41, 5.74) is 7.26. The highest BCUT2D eigenvalue weighted by molar-refractivity contribution is 7.00. The van der Waals surface area contributed by atoms with Crippen LogP contribution in [0.5, 0.6) is 0 Å². The average Bonchev–Trinajstić information content (AvgIpc) is 3.32. The monoisotopic (exact) mass is 375 g/mol. The summed E-state index contributed by atoms with van der Waals surface area (Å²) in [7, 11) is 0. The van der Waals surface area contributed by atoms with Gasteiger partial charge in [-0.15, -0.1) is 5.92 Å². The maximum absolute atomic E-state index is 4.43. The van der Waals surface area contributed by atoms with Gasteiger partial charge in [-0.25, -0.2) is 4.98 Å². The van der Waals surface area contributed by atoms with Crippen molar-refractivity contribution in [3.05, 3.63) is 40.7 Å². The van der Waals surface area contributed by atoms with Crippen LogP contribution >= 0.6 is 23.5 Å². The molecule has 0 saturated carbocycles. The van der Waals surface area contributed by atoms with Crippen LogP contribution in [-0.4, -0.2) is 22.5 Å². The van der Waals surface area contributed by atoms with Gasteiger partial charge in [0.25, 0.3) is 0 Å². The highest BCUT2D eigenvalue weighted by Crippen LogP contribution is 2.22. The van der Waals surface area contributed by atoms with Crippen LogP contribution in [0.15, 0.2) is 18.3 Å². The zero-order valence-electron chi connectivity index (χ0n) is 14.2. The van der Waals surface area contributed by atoms with Crippen LogP contribution in [-0.2, 0) is 6.42 Å². The van der Waals surface area contributed by atoms with E-state index in [4.69, 9.17) is 0 Å². The lowest BCUT2D eigenvalue weighted by Crippen LogP contribution is -1.90. The number of rotatable bonds is 2. The summed E-state index contributed by atoms with van der Waals surface area (Å²) < 4.78 is 17.4. The van der Waals surface area contributed by atoms with Gasteiger partial charge in [0.05, 0.1) is 29.0 Å². The molecule has 0 atom stereocenters. The molecule has 0 aliphatic heterocycles. The number of aryl methyl sites for hydroxylation is 2. The molecule has 0 fully saturated rings. The van der Waals surface area contributed by atoms with Gasteiger partial charge >= 0.3 is 0 Å². The lowest BCUT2D eigenvalue weighted by molar-refractivity contribution is 1.04. The Bertz CT molecular complexity index is 1230. The smallest absolute Gasteiger partial charge is 0.142 e. The predicted octanol–water partition coefficient (Wildman–Crippen LogP) is 3.76. The standard InChI is InChI=1S/C19H13N5S2/c1-3-6-13-9-10-14(18-17(13)22-26-23-18)7-4-5-8-15-19-16(21-25-24-19)12(2)11-20-15/h9-11H,4,7H2,1-2H3. The molecular formula is C19H13N5S2. The van der Waals surface area contributed by atoms with Gasteiger partial charge in [-0.3, -0.25) is 0 Å². The Morgan fingerprint density at radius 3 is 2.54 bits per heavy atom. The molecule has 0 aliphatic carbocycles. The molecule has 1 aromatic carbocycles. The third kappa shape index (κ3) is 3.03. The van der Waals surface area contributed by atoms with Crippen LogP contribution in [0, 0.1) is 30.6 Å². The highest BCUT2D eigenvalue weighted by Gasteiger charge is 2.09. The zero-order chi connectivity index (χ0) is 17.9. The third-order valence-corrected chi connectivity index (χ3v) is 5.02. The van der Waals surface area contributed by atoms with Crippen molar-refractivity contribution in [1.82, 2.24) is 22.5 Å². The minimum Gasteiger partial charge on any atom is -0.245 e. The number of benzene rings is 1. The lowest BCUT2D eigenvalue weighted by atomic mass is 10.0. The van der Waals surface area contributed by atoms with Crippen molar-refractivity contribution in [3.8, 4) is 23.7 Å². The van der Waals surface area contributed by atoms with E-state index in [0.717, 1.165) is 45.2 Å². The molecule has 7 heteroatoms. The molecule has 26 heavy (non-hydrogen) atoms. The number of pyridine rings is 1. The van der Waals surface area contributed by atoms with Crippen molar-refractivity contribution in [1.29, 1.82) is 0 Å². The van der Waals surface area contributed by atoms with Gasteiger partial charge < -0.3 is 0 Å². The first kappa shape index (κ1) is 16.6. The van der Waals surface area contributed by atoms with Crippen molar-refractivity contribution >= 4 is 45.5 Å². The van der Waals surface area contributed by atoms with Crippen LogP contribution in [0.25, 0.3) is 22.1 Å². The third-order valence-electron chi connectivity index (χ3n) is 3.96. The molecule has 5 nitrogen and oxygen atoms in total. The zero-order valence-corrected chi connectivity index (χ0v) is 15.8. The van der Waals surface area contributed by atoms with Gasteiger partial charge in [0.15, 0.2) is 0 Å². The molecule has 3 heterocycles. The van der Waals surface area contributed by atoms with Crippen LogP contribution < -0.4 is 0 Å². The SMILES string of the molecule is CC#Cc1ccc(CCC#Cc2ncc(C)c3nsnc23)c2nsnc12. The minimum atomic E-state index is 0.688. The van der Waals surface area contributed by atoms with E-state index in [-0.39, 0.29) is 0 Å². The molecule has 0 bridgehead atoms. The molecule has 0 saturated heterocycles. The first-order valence-corrected chi connectivity index (χ1v) is 9.47. The minimum absolute atomic E-state index is 0.688. The van der Waals surface area contributed by atoms with Crippen molar-refractivity contribution in [3.63, 3.8) is 0 Å². The molecule has 4 aromatic rings. The largest absolute Gasteiger partial charge is 0.245 e. The Labute approximate surface area is 159 Å². The first-order valence-electron chi connectivity index (χ1n) is 8.01. The van der Waals surface area contributed by atoms with Gasteiger partial charge in [-0.1, -0.05) is 17.9 Å². The van der Waals surface area contributed by atoms with Crippen molar-refractivity contribution in [2.24, 2.45) is 0 Å². The fraction of sp³-hybridized carbons (Fsp3) is 0.211. The van der Waals surface area contributed by atoms with Crippen LogP contribution in [0.4, 0.5) is 0 Å². The van der Waals surface area contributed by atoms with Gasteiger partial charge in [-0.2, -0.15) is 17.5 Å². The van der Waals surface area contributed by atoms with E-state index < -0.39 is 0 Å². The maximum atomic E-state index is 4.43. The molecule has 0 aliphatic rings. The summed E-state index contributed by atoms with van der Waals surface area (Å²) in [4.78, 5) is 4.39. The second kappa shape index (κ2) is 7.17. The highest BCUT2D eigenvalue weighted by atomic mass is 32.1. The van der Waals surface area contributed by atoms with E-state index in [9.17, 15) is 0 Å². The predicted molar refractivity (Wildman–Crippen MR) is 105 cm³/mol. The fourth-order valence-electron chi connectivity index (χ4n) is 2.68. The number of hydrogen-bond donors (Lipinski definition) is 0. The Balaban J connectivity index is 1.56. The fourth-order valence-corrected chi connectivity index (χ4v) is 3.88. The van der Waals surface area contributed by atoms with E-state index in [0.29, 0.717) is 12.1 Å². The Morgan fingerprint density at radius 2 is 1.69 bits per heavy atom. The molecule has 0 spiro atoms. The molecule has 3 aromatic heterocycles. The summed E-state index contributed by atoms with van der Waals surface area (Å²) in [6.45, 7) is 3.80. The Morgan fingerprint density at radius 1 is 0.923 bits per heavy atom. The molecular weight excluding hydrogens is 362 g/mol. The second-order valence-electron chi connectivity index (χ2n) is 5.66. The second-order valence-corrected chi connectivity index (χ2v) is 6.72. The molecule has 0 amide bonds. The summed E-state index contributed by atoms with van der Waals surface area (Å²) >= 11 is 2.41. The van der Waals surface area contributed by atoms with Gasteiger partial charge in [0, 0.05) is 12.6 Å². The van der Waals surface area contributed by atoms with E-state index in [1.807, 2.05) is 19.9 Å². The van der Waals surface area contributed by atoms with E-state index >= 15 is 0 Å². The molecule has 4 rings (SSSR count). The summed E-state index contributed by atoms with van der Waals surface area (Å²) in [5.74, 6) is 12.3. The normalized spacial score (nSPS) is 10.4. The van der Waals surface area contributed by atoms with Gasteiger partial charge in [-0.05, 0) is 43.4 Å². The number of nitrogens with zero attached hydrogens (tertiary/aromatic N) is 5. The van der Waals surface area contributed by atoms with E-state index in [2.05, 4.69) is 52.2 Å². The van der Waals surface area contributed by atoms with Crippen molar-refractivity contribution in [2.75, 3.05) is 0 Å². The summed E-state index contributed by atoms with van der Waals surface area (Å²) in [6, 6.07) is 4.08. The number of hydrogen-bond acceptors (Lipinski definition) is 7. The molecule has 0 radical (unpaired) electrons. The molecule has 126 valence electrons. The first-order chi connectivity index (χ1) is 12.8. The van der Waals surface area contributed by atoms with Gasteiger partial charge in [0.2, 0.25) is 0 Å². The summed E-state index contributed by atoms with van der Waals surface area (Å²) in [6.07, 6.45) is 3.31. The van der Waals surface area contributed by atoms with E-state index in [1.54, 1.807) is 6.20 Å². The number of aromatic nitrogens is 5. The van der Waals surface area contributed by atoms with Gasteiger partial charge in [0.1, 0.15) is 27.8 Å². The van der Waals surface area contributed by atoms with Crippen LogP contribution in [0.3, 0.4) is 0 Å². The number of fused-ring (bicyclic) bond motifs is 2. The Kier molecular flexibility index (Phi) is 4.57. The average molecular weight is 375 g/mol. The van der Waals surface area contributed by atoms with Crippen LogP contribution in [0.2, 0.25) is 0 Å². The molecule has 0 unspecified atom stereocenters. The van der Waals surface area contributed by atoms with Crippen LogP contribution in [0.1, 0.15) is 35.7 Å². The Hall–Kier alpha value is -2.87. The quantitative estimate of drug-likeness (QED) is 0.499. The molecule has 0 N–H and O–H groups in total. The van der Waals surface area contributed by atoms with E-state index in [1.165, 1.54) is 23.5 Å². The van der Waals surface area contributed by atoms with Crippen molar-refractivity contribution < 1.29 is 0 Å². The maximum Gasteiger partial charge on any atom is 0.142 e.